The lowest BCUT2D eigenvalue weighted by molar-refractivity contribution is 0.602. The summed E-state index contributed by atoms with van der Waals surface area (Å²) in [5, 5.41) is 0.780. The standard InChI is InChI=1S/C13H16N4O2S2/c1-8-12(17-14)15-9(2)16-13(8)20-10-4-6-11(7-5-10)21(3,18)19/h4-7H,14H2,1-3H3,(H,15,16,17). The topological polar surface area (TPSA) is 98.0 Å². The molecule has 21 heavy (non-hydrogen) atoms. The van der Waals surface area contributed by atoms with Crippen molar-refractivity contribution < 1.29 is 8.42 Å². The fourth-order valence-electron chi connectivity index (χ4n) is 1.71. The zero-order chi connectivity index (χ0) is 15.6. The summed E-state index contributed by atoms with van der Waals surface area (Å²) in [6, 6.07) is 6.69. The first-order valence-electron chi connectivity index (χ1n) is 6.11. The highest BCUT2D eigenvalue weighted by Gasteiger charge is 2.11. The van der Waals surface area contributed by atoms with Crippen molar-refractivity contribution in [2.75, 3.05) is 11.7 Å². The molecule has 0 amide bonds. The van der Waals surface area contributed by atoms with E-state index in [0.29, 0.717) is 16.5 Å². The number of aryl methyl sites for hydroxylation is 1. The van der Waals surface area contributed by atoms with Gasteiger partial charge in [0.2, 0.25) is 0 Å². The second kappa shape index (κ2) is 6.00. The van der Waals surface area contributed by atoms with Crippen LogP contribution in [0.1, 0.15) is 11.4 Å². The van der Waals surface area contributed by atoms with Gasteiger partial charge in [-0.25, -0.2) is 24.2 Å². The predicted octanol–water partition coefficient (Wildman–Crippen LogP) is 1.93. The number of nitrogen functional groups attached to an aromatic ring is 1. The molecule has 0 unspecified atom stereocenters. The fraction of sp³-hybridized carbons (Fsp3) is 0.231. The molecule has 1 aromatic carbocycles. The number of nitrogens with zero attached hydrogens (tertiary/aromatic N) is 2. The Labute approximate surface area is 128 Å². The van der Waals surface area contributed by atoms with E-state index in [1.165, 1.54) is 18.0 Å². The summed E-state index contributed by atoms with van der Waals surface area (Å²) >= 11 is 1.44. The van der Waals surface area contributed by atoms with Crippen molar-refractivity contribution in [1.29, 1.82) is 0 Å². The van der Waals surface area contributed by atoms with Gasteiger partial charge in [-0.15, -0.1) is 0 Å². The molecule has 1 aromatic heterocycles. The Balaban J connectivity index is 2.32. The Morgan fingerprint density at radius 3 is 2.29 bits per heavy atom. The number of aromatic nitrogens is 2. The SMILES string of the molecule is Cc1nc(NN)c(C)c(Sc2ccc(S(C)(=O)=O)cc2)n1. The van der Waals surface area contributed by atoms with Gasteiger partial charge in [-0.05, 0) is 38.1 Å². The molecule has 112 valence electrons. The van der Waals surface area contributed by atoms with Crippen molar-refractivity contribution in [2.45, 2.75) is 28.7 Å². The van der Waals surface area contributed by atoms with E-state index in [-0.39, 0.29) is 0 Å². The zero-order valence-corrected chi connectivity index (χ0v) is 13.5. The molecule has 0 atom stereocenters. The molecule has 0 saturated carbocycles. The summed E-state index contributed by atoms with van der Waals surface area (Å²) in [7, 11) is -3.18. The van der Waals surface area contributed by atoms with E-state index in [4.69, 9.17) is 5.84 Å². The lowest BCUT2D eigenvalue weighted by atomic mass is 10.3. The van der Waals surface area contributed by atoms with Crippen LogP contribution >= 0.6 is 11.8 Å². The van der Waals surface area contributed by atoms with Crippen LogP contribution in [0.5, 0.6) is 0 Å². The third kappa shape index (κ3) is 3.72. The van der Waals surface area contributed by atoms with E-state index in [1.54, 1.807) is 31.2 Å². The van der Waals surface area contributed by atoms with Gasteiger partial charge >= 0.3 is 0 Å². The minimum atomic E-state index is -3.18. The summed E-state index contributed by atoms with van der Waals surface area (Å²) in [5.41, 5.74) is 3.39. The summed E-state index contributed by atoms with van der Waals surface area (Å²) in [4.78, 5) is 9.78. The molecule has 0 fully saturated rings. The Kier molecular flexibility index (Phi) is 4.50. The molecule has 0 bridgehead atoms. The molecule has 1 heterocycles. The molecule has 3 N–H and O–H groups in total. The van der Waals surface area contributed by atoms with E-state index >= 15 is 0 Å². The molecule has 0 radical (unpaired) electrons. The van der Waals surface area contributed by atoms with E-state index in [9.17, 15) is 8.42 Å². The van der Waals surface area contributed by atoms with Gasteiger partial charge < -0.3 is 5.43 Å². The Morgan fingerprint density at radius 2 is 1.76 bits per heavy atom. The van der Waals surface area contributed by atoms with Crippen LogP contribution in [0.2, 0.25) is 0 Å². The Bertz CT molecular complexity index is 758. The monoisotopic (exact) mass is 324 g/mol. The smallest absolute Gasteiger partial charge is 0.175 e. The number of hydrazine groups is 1. The molecular weight excluding hydrogens is 308 g/mol. The second-order valence-corrected chi connectivity index (χ2v) is 7.62. The van der Waals surface area contributed by atoms with Crippen molar-refractivity contribution in [3.8, 4) is 0 Å². The van der Waals surface area contributed by atoms with Crippen LogP contribution in [0.3, 0.4) is 0 Å². The number of hydrogen-bond donors (Lipinski definition) is 2. The Hall–Kier alpha value is -1.64. The van der Waals surface area contributed by atoms with E-state index in [1.807, 2.05) is 6.92 Å². The summed E-state index contributed by atoms with van der Waals surface area (Å²) in [6.45, 7) is 3.67. The van der Waals surface area contributed by atoms with Crippen molar-refractivity contribution in [3.63, 3.8) is 0 Å². The third-order valence-corrected chi connectivity index (χ3v) is 5.04. The normalized spacial score (nSPS) is 11.4. The lowest BCUT2D eigenvalue weighted by Gasteiger charge is -2.10. The maximum absolute atomic E-state index is 11.4. The van der Waals surface area contributed by atoms with Gasteiger partial charge in [-0.2, -0.15) is 0 Å². The van der Waals surface area contributed by atoms with Crippen LogP contribution in [0.4, 0.5) is 5.82 Å². The van der Waals surface area contributed by atoms with Gasteiger partial charge in [0.15, 0.2) is 9.84 Å². The minimum Gasteiger partial charge on any atom is -0.308 e. The molecule has 8 heteroatoms. The molecule has 0 aliphatic heterocycles. The van der Waals surface area contributed by atoms with E-state index in [2.05, 4.69) is 15.4 Å². The van der Waals surface area contributed by atoms with Crippen LogP contribution in [0, 0.1) is 13.8 Å². The number of sulfone groups is 1. The average molecular weight is 324 g/mol. The molecule has 0 aliphatic rings. The lowest BCUT2D eigenvalue weighted by Crippen LogP contribution is -2.12. The zero-order valence-electron chi connectivity index (χ0n) is 11.9. The highest BCUT2D eigenvalue weighted by Crippen LogP contribution is 2.31. The van der Waals surface area contributed by atoms with Crippen molar-refractivity contribution in [2.24, 2.45) is 5.84 Å². The highest BCUT2D eigenvalue weighted by molar-refractivity contribution is 7.99. The Morgan fingerprint density at radius 1 is 1.14 bits per heavy atom. The summed E-state index contributed by atoms with van der Waals surface area (Å²) in [5.74, 6) is 6.63. The van der Waals surface area contributed by atoms with Gasteiger partial charge in [0, 0.05) is 16.7 Å². The second-order valence-electron chi connectivity index (χ2n) is 4.54. The number of nitrogens with one attached hydrogen (secondary N) is 1. The number of nitrogens with two attached hydrogens (primary N) is 1. The molecule has 0 saturated heterocycles. The molecule has 0 aliphatic carbocycles. The quantitative estimate of drug-likeness (QED) is 0.504. The van der Waals surface area contributed by atoms with Gasteiger partial charge in [-0.1, -0.05) is 11.8 Å². The minimum absolute atomic E-state index is 0.298. The molecule has 2 rings (SSSR count). The average Bonchev–Trinajstić information content (AvgIpc) is 2.42. The number of rotatable bonds is 4. The maximum Gasteiger partial charge on any atom is 0.175 e. The van der Waals surface area contributed by atoms with Gasteiger partial charge in [0.1, 0.15) is 16.7 Å². The van der Waals surface area contributed by atoms with E-state index < -0.39 is 9.84 Å². The van der Waals surface area contributed by atoms with Crippen molar-refractivity contribution in [1.82, 2.24) is 9.97 Å². The molecule has 0 spiro atoms. The summed E-state index contributed by atoms with van der Waals surface area (Å²) in [6.07, 6.45) is 1.19. The first-order chi connectivity index (χ1) is 9.81. The van der Waals surface area contributed by atoms with Crippen LogP contribution in [0.25, 0.3) is 0 Å². The molecule has 2 aromatic rings. The number of benzene rings is 1. The van der Waals surface area contributed by atoms with Gasteiger partial charge in [-0.3, -0.25) is 0 Å². The largest absolute Gasteiger partial charge is 0.308 e. The van der Waals surface area contributed by atoms with Crippen molar-refractivity contribution >= 4 is 27.4 Å². The number of anilines is 1. The third-order valence-electron chi connectivity index (χ3n) is 2.82. The molecule has 6 nitrogen and oxygen atoms in total. The predicted molar refractivity (Wildman–Crippen MR) is 83.0 cm³/mol. The highest BCUT2D eigenvalue weighted by atomic mass is 32.2. The summed E-state index contributed by atoms with van der Waals surface area (Å²) < 4.78 is 22.9. The van der Waals surface area contributed by atoms with Gasteiger partial charge in [0.25, 0.3) is 0 Å². The van der Waals surface area contributed by atoms with Gasteiger partial charge in [0.05, 0.1) is 4.90 Å². The van der Waals surface area contributed by atoms with Crippen LogP contribution < -0.4 is 11.3 Å². The molecular formula is C13H16N4O2S2. The van der Waals surface area contributed by atoms with Crippen molar-refractivity contribution in [3.05, 3.63) is 35.7 Å². The number of hydrogen-bond acceptors (Lipinski definition) is 7. The first-order valence-corrected chi connectivity index (χ1v) is 8.82. The first kappa shape index (κ1) is 15.7. The fourth-order valence-corrected chi connectivity index (χ4v) is 3.26. The van der Waals surface area contributed by atoms with Crippen LogP contribution in [-0.4, -0.2) is 24.6 Å². The van der Waals surface area contributed by atoms with E-state index in [0.717, 1.165) is 15.5 Å². The van der Waals surface area contributed by atoms with Crippen LogP contribution in [-0.2, 0) is 9.84 Å². The van der Waals surface area contributed by atoms with Crippen LogP contribution in [0.15, 0.2) is 39.1 Å². The maximum atomic E-state index is 11.4.